The Labute approximate surface area is 215 Å². The Balaban J connectivity index is 1.82. The Kier molecular flexibility index (Phi) is 6.81. The van der Waals surface area contributed by atoms with E-state index < -0.39 is 40.7 Å². The van der Waals surface area contributed by atoms with Gasteiger partial charge in [-0.1, -0.05) is 5.92 Å². The van der Waals surface area contributed by atoms with Gasteiger partial charge in [0.1, 0.15) is 28.8 Å². The SMILES string of the molecule is Cc1ccc(C(O)(CC#CC#Cc2c(C(N)=O)ccn3ncc(C#N)c23)c2cc(F)ccc2F)c(=O)n1C. The molecule has 0 aliphatic carbocycles. The number of aliphatic hydroxyl groups is 1. The van der Waals surface area contributed by atoms with Gasteiger partial charge in [-0.3, -0.25) is 9.59 Å². The molecule has 1 atom stereocenters. The number of carbonyl (C=O) groups is 1. The van der Waals surface area contributed by atoms with Crippen LogP contribution in [0.25, 0.3) is 5.52 Å². The van der Waals surface area contributed by atoms with Gasteiger partial charge in [0.05, 0.1) is 28.5 Å². The Morgan fingerprint density at radius 3 is 2.66 bits per heavy atom. The first-order valence-electron chi connectivity index (χ1n) is 11.1. The number of carbonyl (C=O) groups excluding carboxylic acids is 1. The molecule has 0 radical (unpaired) electrons. The highest BCUT2D eigenvalue weighted by Crippen LogP contribution is 2.33. The molecule has 0 fully saturated rings. The maximum absolute atomic E-state index is 14.8. The first-order valence-corrected chi connectivity index (χ1v) is 11.1. The lowest BCUT2D eigenvalue weighted by Gasteiger charge is -2.27. The van der Waals surface area contributed by atoms with Crippen LogP contribution in [-0.2, 0) is 12.6 Å². The number of rotatable bonds is 4. The third-order valence-corrected chi connectivity index (χ3v) is 6.13. The summed E-state index contributed by atoms with van der Waals surface area (Å²) in [5, 5.41) is 25.0. The molecule has 8 nitrogen and oxygen atoms in total. The molecular formula is C28H19F2N5O3. The number of hydrogen-bond acceptors (Lipinski definition) is 5. The number of benzene rings is 1. The van der Waals surface area contributed by atoms with Crippen LogP contribution in [0.4, 0.5) is 8.78 Å². The number of fused-ring (bicyclic) bond motifs is 1. The summed E-state index contributed by atoms with van der Waals surface area (Å²) in [5.74, 6) is 7.84. The molecule has 0 spiro atoms. The zero-order valence-corrected chi connectivity index (χ0v) is 20.2. The van der Waals surface area contributed by atoms with Gasteiger partial charge in [-0.05, 0) is 61.1 Å². The van der Waals surface area contributed by atoms with Crippen LogP contribution in [0.3, 0.4) is 0 Å². The zero-order chi connectivity index (χ0) is 27.6. The Bertz CT molecular complexity index is 1840. The average Bonchev–Trinajstić information content (AvgIpc) is 3.32. The molecule has 188 valence electrons. The minimum Gasteiger partial charge on any atom is -0.379 e. The van der Waals surface area contributed by atoms with Gasteiger partial charge in [-0.2, -0.15) is 10.4 Å². The smallest absolute Gasteiger partial charge is 0.256 e. The van der Waals surface area contributed by atoms with Gasteiger partial charge in [0.2, 0.25) is 5.91 Å². The molecule has 0 aliphatic heterocycles. The summed E-state index contributed by atoms with van der Waals surface area (Å²) in [6.45, 7) is 1.68. The number of primary amides is 1. The highest BCUT2D eigenvalue weighted by Gasteiger charge is 2.37. The molecule has 0 saturated carbocycles. The molecule has 10 heteroatoms. The van der Waals surface area contributed by atoms with Crippen LogP contribution in [0.15, 0.2) is 53.6 Å². The van der Waals surface area contributed by atoms with Crippen molar-refractivity contribution in [2.24, 2.45) is 12.8 Å². The number of halogens is 2. The van der Waals surface area contributed by atoms with Crippen molar-refractivity contribution in [3.8, 4) is 29.8 Å². The van der Waals surface area contributed by atoms with Gasteiger partial charge in [0.25, 0.3) is 5.56 Å². The lowest BCUT2D eigenvalue weighted by Crippen LogP contribution is -2.37. The molecule has 3 N–H and O–H groups in total. The fourth-order valence-electron chi connectivity index (χ4n) is 4.00. The molecule has 4 aromatic rings. The fraction of sp³-hybridized carbons (Fsp3) is 0.143. The van der Waals surface area contributed by atoms with Crippen molar-refractivity contribution in [2.75, 3.05) is 0 Å². The minimum absolute atomic E-state index is 0.0466. The lowest BCUT2D eigenvalue weighted by atomic mass is 9.83. The number of pyridine rings is 2. The minimum atomic E-state index is -2.30. The van der Waals surface area contributed by atoms with Crippen molar-refractivity contribution in [1.29, 1.82) is 5.26 Å². The number of nitriles is 1. The summed E-state index contributed by atoms with van der Waals surface area (Å²) >= 11 is 0. The molecule has 1 amide bonds. The third-order valence-electron chi connectivity index (χ3n) is 6.13. The van der Waals surface area contributed by atoms with Crippen molar-refractivity contribution < 1.29 is 18.7 Å². The van der Waals surface area contributed by atoms with Crippen LogP contribution in [0.1, 0.15) is 44.7 Å². The second-order valence-corrected chi connectivity index (χ2v) is 8.40. The van der Waals surface area contributed by atoms with Gasteiger partial charge in [0, 0.05) is 30.9 Å². The average molecular weight is 511 g/mol. The molecule has 3 aromatic heterocycles. The quantitative estimate of drug-likeness (QED) is 0.407. The van der Waals surface area contributed by atoms with Crippen LogP contribution < -0.4 is 11.3 Å². The van der Waals surface area contributed by atoms with E-state index in [9.17, 15) is 28.7 Å². The number of aryl methyl sites for hydroxylation is 1. The van der Waals surface area contributed by atoms with Gasteiger partial charge < -0.3 is 15.4 Å². The summed E-state index contributed by atoms with van der Waals surface area (Å²) in [6, 6.07) is 8.84. The highest BCUT2D eigenvalue weighted by molar-refractivity contribution is 5.98. The van der Waals surface area contributed by atoms with E-state index in [1.165, 1.54) is 40.7 Å². The first kappa shape index (κ1) is 25.8. The summed E-state index contributed by atoms with van der Waals surface area (Å²) in [6.07, 6.45) is 2.26. The van der Waals surface area contributed by atoms with Gasteiger partial charge in [-0.25, -0.2) is 13.3 Å². The molecule has 0 bridgehead atoms. The van der Waals surface area contributed by atoms with Crippen LogP contribution in [0, 0.1) is 53.6 Å². The predicted octanol–water partition coefficient (Wildman–Crippen LogP) is 2.27. The Hall–Kier alpha value is -5.24. The zero-order valence-electron chi connectivity index (χ0n) is 20.2. The molecule has 1 unspecified atom stereocenters. The van der Waals surface area contributed by atoms with Crippen LogP contribution >= 0.6 is 0 Å². The van der Waals surface area contributed by atoms with E-state index in [1.807, 2.05) is 6.07 Å². The van der Waals surface area contributed by atoms with Crippen LogP contribution in [0.2, 0.25) is 0 Å². The highest BCUT2D eigenvalue weighted by atomic mass is 19.1. The van der Waals surface area contributed by atoms with E-state index in [4.69, 9.17) is 5.73 Å². The monoisotopic (exact) mass is 511 g/mol. The molecule has 38 heavy (non-hydrogen) atoms. The van der Waals surface area contributed by atoms with Gasteiger partial charge >= 0.3 is 0 Å². The molecular weight excluding hydrogens is 492 g/mol. The third kappa shape index (κ3) is 4.51. The van der Waals surface area contributed by atoms with E-state index in [2.05, 4.69) is 28.8 Å². The molecule has 0 saturated heterocycles. The fourth-order valence-corrected chi connectivity index (χ4v) is 4.00. The Morgan fingerprint density at radius 1 is 1.18 bits per heavy atom. The molecule has 1 aromatic carbocycles. The topological polar surface area (TPSA) is 126 Å². The van der Waals surface area contributed by atoms with E-state index in [-0.39, 0.29) is 27.8 Å². The summed E-state index contributed by atoms with van der Waals surface area (Å²) in [5.41, 5.74) is 3.09. The maximum atomic E-state index is 14.8. The van der Waals surface area contributed by atoms with Crippen molar-refractivity contribution in [2.45, 2.75) is 18.9 Å². The summed E-state index contributed by atoms with van der Waals surface area (Å²) < 4.78 is 31.5. The van der Waals surface area contributed by atoms with Gasteiger partial charge in [0.15, 0.2) is 0 Å². The number of hydrogen-bond donors (Lipinski definition) is 2. The van der Waals surface area contributed by atoms with Crippen LogP contribution in [-0.4, -0.2) is 25.2 Å². The van der Waals surface area contributed by atoms with Crippen molar-refractivity contribution in [1.82, 2.24) is 14.2 Å². The molecule has 4 rings (SSSR count). The normalized spacial score (nSPS) is 12.0. The standard InChI is InChI=1S/C28H19F2N5O3/c1-17-7-9-22(27(37)34(17)2)28(38,23-14-19(29)8-10-24(23)30)12-5-3-4-6-20-21(26(32)36)11-13-35-25(20)18(15-31)16-33-35/h7-11,13-14,16,38H,12H2,1-2H3,(H2,32,36). The second-order valence-electron chi connectivity index (χ2n) is 8.40. The lowest BCUT2D eigenvalue weighted by molar-refractivity contribution is 0.0800. The summed E-state index contributed by atoms with van der Waals surface area (Å²) in [7, 11) is 1.49. The summed E-state index contributed by atoms with van der Waals surface area (Å²) in [4.78, 5) is 24.9. The van der Waals surface area contributed by atoms with Gasteiger partial charge in [-0.15, -0.1) is 0 Å². The predicted molar refractivity (Wildman–Crippen MR) is 133 cm³/mol. The van der Waals surface area contributed by atoms with E-state index in [0.717, 1.165) is 18.2 Å². The largest absolute Gasteiger partial charge is 0.379 e. The van der Waals surface area contributed by atoms with Crippen molar-refractivity contribution in [3.05, 3.63) is 104 Å². The number of amides is 1. The van der Waals surface area contributed by atoms with E-state index in [0.29, 0.717) is 5.69 Å². The number of nitrogens with zero attached hydrogens (tertiary/aromatic N) is 4. The van der Waals surface area contributed by atoms with Crippen LogP contribution in [0.5, 0.6) is 0 Å². The van der Waals surface area contributed by atoms with E-state index >= 15 is 0 Å². The first-order chi connectivity index (χ1) is 18.1. The number of nitrogens with two attached hydrogens (primary N) is 1. The molecule has 3 heterocycles. The molecule has 0 aliphatic rings. The van der Waals surface area contributed by atoms with Crippen molar-refractivity contribution >= 4 is 11.4 Å². The van der Waals surface area contributed by atoms with Crippen molar-refractivity contribution in [3.63, 3.8) is 0 Å². The Morgan fingerprint density at radius 2 is 1.95 bits per heavy atom. The maximum Gasteiger partial charge on any atom is 0.256 e. The van der Waals surface area contributed by atoms with E-state index in [1.54, 1.807) is 13.0 Å². The number of aromatic nitrogens is 3. The second kappa shape index (κ2) is 10.0.